The van der Waals surface area contributed by atoms with Crippen LogP contribution in [0.3, 0.4) is 0 Å². The van der Waals surface area contributed by atoms with Gasteiger partial charge in [0.2, 0.25) is 5.91 Å². The molecule has 21 heavy (non-hydrogen) atoms. The van der Waals surface area contributed by atoms with Crippen molar-refractivity contribution in [3.63, 3.8) is 0 Å². The van der Waals surface area contributed by atoms with E-state index in [9.17, 15) is 13.6 Å². The second-order valence-corrected chi connectivity index (χ2v) is 4.65. The monoisotopic (exact) mass is 291 g/mol. The van der Waals surface area contributed by atoms with Gasteiger partial charge < -0.3 is 10.1 Å². The smallest absolute Gasteiger partial charge is 0.228 e. The van der Waals surface area contributed by atoms with Gasteiger partial charge in [-0.05, 0) is 42.3 Å². The van der Waals surface area contributed by atoms with Crippen LogP contribution in [-0.4, -0.2) is 13.0 Å². The summed E-state index contributed by atoms with van der Waals surface area (Å²) in [7, 11) is 1.37. The van der Waals surface area contributed by atoms with Crippen LogP contribution in [0.5, 0.6) is 5.75 Å². The van der Waals surface area contributed by atoms with Gasteiger partial charge >= 0.3 is 0 Å². The maximum Gasteiger partial charge on any atom is 0.228 e. The van der Waals surface area contributed by atoms with Crippen molar-refractivity contribution in [1.29, 1.82) is 0 Å². The first-order valence-electron chi connectivity index (χ1n) is 6.38. The van der Waals surface area contributed by atoms with E-state index in [-0.39, 0.29) is 18.1 Å². The molecule has 0 saturated heterocycles. The van der Waals surface area contributed by atoms with E-state index in [1.807, 2.05) is 0 Å². The number of methoxy groups -OCH3 is 1. The summed E-state index contributed by atoms with van der Waals surface area (Å²) in [6.45, 7) is 1.77. The van der Waals surface area contributed by atoms with Crippen molar-refractivity contribution in [2.45, 2.75) is 13.3 Å². The molecule has 0 radical (unpaired) electrons. The van der Waals surface area contributed by atoms with E-state index in [1.165, 1.54) is 31.4 Å². The van der Waals surface area contributed by atoms with Gasteiger partial charge in [-0.25, -0.2) is 8.78 Å². The molecular weight excluding hydrogens is 276 g/mol. The van der Waals surface area contributed by atoms with Crippen molar-refractivity contribution < 1.29 is 18.3 Å². The molecule has 0 bridgehead atoms. The number of amides is 1. The van der Waals surface area contributed by atoms with Crippen molar-refractivity contribution in [2.24, 2.45) is 0 Å². The van der Waals surface area contributed by atoms with Gasteiger partial charge in [0.1, 0.15) is 5.82 Å². The lowest BCUT2D eigenvalue weighted by Crippen LogP contribution is -2.15. The standard InChI is InChI=1S/C16H15F2NO2/c1-10-3-5-12(17)9-14(10)19-16(20)8-11-4-6-15(21-2)13(18)7-11/h3-7,9H,8H2,1-2H3,(H,19,20). The molecule has 0 aliphatic rings. The summed E-state index contributed by atoms with van der Waals surface area (Å²) in [6.07, 6.45) is -0.00311. The maximum atomic E-state index is 13.5. The second-order valence-electron chi connectivity index (χ2n) is 4.65. The first-order chi connectivity index (χ1) is 9.99. The predicted molar refractivity (Wildman–Crippen MR) is 76.4 cm³/mol. The highest BCUT2D eigenvalue weighted by Gasteiger charge is 2.09. The van der Waals surface area contributed by atoms with Crippen LogP contribution in [0, 0.1) is 18.6 Å². The average molecular weight is 291 g/mol. The fourth-order valence-electron chi connectivity index (χ4n) is 1.93. The zero-order valence-corrected chi connectivity index (χ0v) is 11.7. The van der Waals surface area contributed by atoms with E-state index < -0.39 is 11.6 Å². The van der Waals surface area contributed by atoms with Crippen LogP contribution in [0.25, 0.3) is 0 Å². The third-order valence-corrected chi connectivity index (χ3v) is 3.05. The number of ether oxygens (including phenoxy) is 1. The number of hydrogen-bond acceptors (Lipinski definition) is 2. The van der Waals surface area contributed by atoms with E-state index in [0.29, 0.717) is 11.3 Å². The topological polar surface area (TPSA) is 38.3 Å². The van der Waals surface area contributed by atoms with Crippen LogP contribution >= 0.6 is 0 Å². The van der Waals surface area contributed by atoms with Crippen molar-refractivity contribution in [3.8, 4) is 5.75 Å². The van der Waals surface area contributed by atoms with Crippen LogP contribution in [-0.2, 0) is 11.2 Å². The van der Waals surface area contributed by atoms with Crippen LogP contribution < -0.4 is 10.1 Å². The van der Waals surface area contributed by atoms with E-state index in [2.05, 4.69) is 5.32 Å². The Kier molecular flexibility index (Phi) is 4.52. The zero-order chi connectivity index (χ0) is 15.4. The highest BCUT2D eigenvalue weighted by molar-refractivity contribution is 5.92. The lowest BCUT2D eigenvalue weighted by molar-refractivity contribution is -0.115. The second kappa shape index (κ2) is 6.35. The number of nitrogens with one attached hydrogen (secondary N) is 1. The third kappa shape index (κ3) is 3.78. The molecule has 2 rings (SSSR count). The Balaban J connectivity index is 2.08. The van der Waals surface area contributed by atoms with Gasteiger partial charge in [0.25, 0.3) is 0 Å². The molecule has 110 valence electrons. The molecule has 1 N–H and O–H groups in total. The van der Waals surface area contributed by atoms with E-state index in [1.54, 1.807) is 19.1 Å². The molecule has 0 spiro atoms. The highest BCUT2D eigenvalue weighted by atomic mass is 19.1. The van der Waals surface area contributed by atoms with Gasteiger partial charge in [0, 0.05) is 5.69 Å². The number of aryl methyl sites for hydroxylation is 1. The number of benzene rings is 2. The van der Waals surface area contributed by atoms with Crippen molar-refractivity contribution in [3.05, 3.63) is 59.2 Å². The Morgan fingerprint density at radius 2 is 1.95 bits per heavy atom. The predicted octanol–water partition coefficient (Wildman–Crippen LogP) is 3.46. The SMILES string of the molecule is COc1ccc(CC(=O)Nc2cc(F)ccc2C)cc1F. The van der Waals surface area contributed by atoms with Crippen molar-refractivity contribution in [2.75, 3.05) is 12.4 Å². The molecule has 1 amide bonds. The fraction of sp³-hybridized carbons (Fsp3) is 0.188. The van der Waals surface area contributed by atoms with E-state index in [4.69, 9.17) is 4.74 Å². The zero-order valence-electron chi connectivity index (χ0n) is 11.7. The summed E-state index contributed by atoms with van der Waals surface area (Å²) in [5.74, 6) is -1.16. The summed E-state index contributed by atoms with van der Waals surface area (Å²) in [6, 6.07) is 8.48. The van der Waals surface area contributed by atoms with Crippen molar-refractivity contribution >= 4 is 11.6 Å². The normalized spacial score (nSPS) is 10.3. The molecule has 2 aromatic rings. The van der Waals surface area contributed by atoms with Crippen LogP contribution in [0.4, 0.5) is 14.5 Å². The van der Waals surface area contributed by atoms with Crippen molar-refractivity contribution in [1.82, 2.24) is 0 Å². The number of anilines is 1. The Morgan fingerprint density at radius 3 is 2.62 bits per heavy atom. The van der Waals surface area contributed by atoms with Gasteiger partial charge in [0.15, 0.2) is 11.6 Å². The molecule has 2 aromatic carbocycles. The minimum Gasteiger partial charge on any atom is -0.494 e. The first kappa shape index (κ1) is 15.0. The fourth-order valence-corrected chi connectivity index (χ4v) is 1.93. The molecule has 0 fully saturated rings. The Morgan fingerprint density at radius 1 is 1.19 bits per heavy atom. The van der Waals surface area contributed by atoms with Gasteiger partial charge in [0.05, 0.1) is 13.5 Å². The number of rotatable bonds is 4. The lowest BCUT2D eigenvalue weighted by atomic mass is 10.1. The molecule has 5 heteroatoms. The molecule has 0 aliphatic heterocycles. The molecule has 0 aromatic heterocycles. The number of halogens is 2. The maximum absolute atomic E-state index is 13.5. The number of carbonyl (C=O) groups is 1. The third-order valence-electron chi connectivity index (χ3n) is 3.05. The largest absolute Gasteiger partial charge is 0.494 e. The molecular formula is C16H15F2NO2. The molecule has 0 aliphatic carbocycles. The summed E-state index contributed by atoms with van der Waals surface area (Å²) in [5, 5.41) is 2.61. The summed E-state index contributed by atoms with van der Waals surface area (Å²) < 4.78 is 31.5. The Bertz CT molecular complexity index is 671. The van der Waals surface area contributed by atoms with Gasteiger partial charge in [-0.3, -0.25) is 4.79 Å². The molecule has 0 unspecified atom stereocenters. The van der Waals surface area contributed by atoms with Gasteiger partial charge in [-0.2, -0.15) is 0 Å². The quantitative estimate of drug-likeness (QED) is 0.936. The molecule has 0 atom stereocenters. The van der Waals surface area contributed by atoms with Crippen LogP contribution in [0.15, 0.2) is 36.4 Å². The summed E-state index contributed by atoms with van der Waals surface area (Å²) in [4.78, 5) is 11.9. The van der Waals surface area contributed by atoms with E-state index >= 15 is 0 Å². The number of carbonyl (C=O) groups excluding carboxylic acids is 1. The van der Waals surface area contributed by atoms with Crippen LogP contribution in [0.1, 0.15) is 11.1 Å². The Labute approximate surface area is 121 Å². The van der Waals surface area contributed by atoms with E-state index in [0.717, 1.165) is 5.56 Å². The molecule has 3 nitrogen and oxygen atoms in total. The van der Waals surface area contributed by atoms with Gasteiger partial charge in [-0.1, -0.05) is 12.1 Å². The summed E-state index contributed by atoms with van der Waals surface area (Å²) in [5.41, 5.74) is 1.68. The minimum atomic E-state index is -0.523. The number of hydrogen-bond donors (Lipinski definition) is 1. The first-order valence-corrected chi connectivity index (χ1v) is 6.38. The molecule has 0 heterocycles. The highest BCUT2D eigenvalue weighted by Crippen LogP contribution is 2.19. The minimum absolute atomic E-state index is 0.00311. The Hall–Kier alpha value is -2.43. The average Bonchev–Trinajstić information content (AvgIpc) is 2.43. The van der Waals surface area contributed by atoms with Crippen LogP contribution in [0.2, 0.25) is 0 Å². The molecule has 0 saturated carbocycles. The summed E-state index contributed by atoms with van der Waals surface area (Å²) >= 11 is 0. The lowest BCUT2D eigenvalue weighted by Gasteiger charge is -2.09. The van der Waals surface area contributed by atoms with Gasteiger partial charge in [-0.15, -0.1) is 0 Å².